The Labute approximate surface area is 434 Å². The molecule has 11 heteroatoms. The van der Waals surface area contributed by atoms with Gasteiger partial charge in [0.25, 0.3) is 0 Å². The van der Waals surface area contributed by atoms with Gasteiger partial charge in [-0.15, -0.1) is 0 Å². The normalized spacial score (nSPS) is 12.0. The Hall–Kier alpha value is -9.69. The molecular weight excluding hydrogens is 953 g/mol. The van der Waals surface area contributed by atoms with Crippen molar-refractivity contribution in [1.82, 2.24) is 39.9 Å². The Morgan fingerprint density at radius 2 is 0.680 bits per heavy atom. The summed E-state index contributed by atoms with van der Waals surface area (Å²) in [7, 11) is -6.70. The topological polar surface area (TPSA) is 116 Å². The average Bonchev–Trinajstić information content (AvgIpc) is 3.88. The van der Waals surface area contributed by atoms with E-state index in [1.165, 1.54) is 20.7 Å². The van der Waals surface area contributed by atoms with E-state index in [0.29, 0.717) is 45.6 Å². The number of hydrogen-bond acceptors (Lipinski definition) is 9. The summed E-state index contributed by atoms with van der Waals surface area (Å²) in [4.78, 5) is 40.5. The maximum atomic E-state index is 6.68. The third kappa shape index (κ3) is 6.97. The number of hydrogen-bond donors (Lipinski definition) is 0. The van der Waals surface area contributed by atoms with Crippen molar-refractivity contribution in [2.24, 2.45) is 0 Å². The fourth-order valence-electron chi connectivity index (χ4n) is 11.5. The number of nitrogens with zero attached hydrogens (tertiary/aromatic N) is 8. The lowest BCUT2D eigenvalue weighted by molar-refractivity contribution is 0.670. The van der Waals surface area contributed by atoms with Crippen LogP contribution in [0, 0.1) is 0 Å². The lowest BCUT2D eigenvalue weighted by Gasteiger charge is -2.37. The van der Waals surface area contributed by atoms with Gasteiger partial charge in [-0.1, -0.05) is 206 Å². The number of para-hydroxylation sites is 2. The number of benzene rings is 8. The Morgan fingerprint density at radius 1 is 0.293 bits per heavy atom. The van der Waals surface area contributed by atoms with Crippen LogP contribution in [0.5, 0.6) is 0 Å². The summed E-state index contributed by atoms with van der Waals surface area (Å²) in [6.45, 7) is 0. The third-order valence-corrected chi connectivity index (χ3v) is 24.1. The van der Waals surface area contributed by atoms with Gasteiger partial charge in [0.05, 0.1) is 5.32 Å². The third-order valence-electron chi connectivity index (χ3n) is 14.7. The Balaban J connectivity index is 1.06. The Bertz CT molecular complexity index is 4190. The minimum Gasteiger partial charge on any atom is -0.455 e. The molecule has 0 fully saturated rings. The van der Waals surface area contributed by atoms with E-state index >= 15 is 0 Å². The Kier molecular flexibility index (Phi) is 10.6. The Morgan fingerprint density at radius 3 is 1.21 bits per heavy atom. The number of furan rings is 1. The van der Waals surface area contributed by atoms with Gasteiger partial charge in [-0.25, -0.2) is 0 Å². The van der Waals surface area contributed by atoms with E-state index in [4.69, 9.17) is 44.3 Å². The highest BCUT2D eigenvalue weighted by atomic mass is 28.3. The van der Waals surface area contributed by atoms with Crippen LogP contribution in [-0.4, -0.2) is 56.0 Å². The van der Waals surface area contributed by atoms with Crippen LogP contribution in [0.1, 0.15) is 0 Å². The molecule has 14 rings (SSSR count). The van der Waals surface area contributed by atoms with Gasteiger partial charge in [0.1, 0.15) is 56.7 Å². The van der Waals surface area contributed by atoms with E-state index < -0.39 is 16.1 Å². The highest BCUT2D eigenvalue weighted by molar-refractivity contribution is 7.21. The molecule has 0 radical (unpaired) electrons. The van der Waals surface area contributed by atoms with Crippen LogP contribution in [0.3, 0.4) is 0 Å². The molecule has 0 N–H and O–H groups in total. The zero-order valence-corrected chi connectivity index (χ0v) is 42.2. The molecule has 8 aromatic carbocycles. The first kappa shape index (κ1) is 44.0. The number of fused-ring (bicyclic) bond motifs is 11. The van der Waals surface area contributed by atoms with E-state index in [1.807, 2.05) is 18.3 Å². The summed E-state index contributed by atoms with van der Waals surface area (Å²) in [5.41, 5.74) is 8.24. The largest absolute Gasteiger partial charge is 0.455 e. The summed E-state index contributed by atoms with van der Waals surface area (Å²) in [5.74, 6) is 0. The van der Waals surface area contributed by atoms with Crippen molar-refractivity contribution in [2.75, 3.05) is 0 Å². The number of rotatable bonds is 9. The molecular formula is C64H42N8OSi2. The molecule has 75 heavy (non-hydrogen) atoms. The second kappa shape index (κ2) is 18.1. The molecule has 0 saturated heterocycles. The van der Waals surface area contributed by atoms with E-state index in [0.717, 1.165) is 53.9 Å². The maximum absolute atomic E-state index is 6.68. The average molecular weight is 995 g/mol. The van der Waals surface area contributed by atoms with Crippen LogP contribution in [0.2, 0.25) is 0 Å². The van der Waals surface area contributed by atoms with Gasteiger partial charge < -0.3 is 4.42 Å². The van der Waals surface area contributed by atoms with Crippen molar-refractivity contribution in [1.29, 1.82) is 0 Å². The van der Waals surface area contributed by atoms with Gasteiger partial charge >= 0.3 is 0 Å². The first-order valence-corrected chi connectivity index (χ1v) is 28.9. The van der Waals surface area contributed by atoms with Crippen molar-refractivity contribution in [3.8, 4) is 56.7 Å². The zero-order valence-electron chi connectivity index (χ0n) is 40.2. The molecule has 5 aromatic heterocycles. The van der Waals surface area contributed by atoms with Crippen LogP contribution in [0.15, 0.2) is 260 Å². The standard InChI is InChI=1S/C64H42N8OSi2/c1-5-19-44(20-6-1)74(45-21-7-2-8-22-45,48-27-15-18-43(40-48)51-31-17-32-53-52-30-13-14-33-54(52)73-64(51)53)49-28-16-29-50(41-49)75(46-23-9-3-10-24-46,47-25-11-4-12-26-47)55-42-71-62-60-58(67-36-37-69-60)56-57(66-35-34-65-56)59-61(63(62)72-55)70-39-38-68-59/h1-42H. The lowest BCUT2D eigenvalue weighted by Crippen LogP contribution is -2.78. The van der Waals surface area contributed by atoms with Crippen LogP contribution in [0.25, 0.3) is 78.6 Å². The van der Waals surface area contributed by atoms with Gasteiger partial charge in [0.15, 0.2) is 8.07 Å². The summed E-state index contributed by atoms with van der Waals surface area (Å²) >= 11 is 0. The van der Waals surface area contributed by atoms with E-state index in [-0.39, 0.29) is 0 Å². The second-order valence-electron chi connectivity index (χ2n) is 18.6. The van der Waals surface area contributed by atoms with E-state index in [1.54, 1.807) is 37.2 Å². The molecule has 0 amide bonds. The molecule has 1 aliphatic rings. The molecule has 0 bridgehead atoms. The molecule has 0 spiro atoms. The van der Waals surface area contributed by atoms with Crippen molar-refractivity contribution in [3.63, 3.8) is 0 Å². The predicted molar refractivity (Wildman–Crippen MR) is 304 cm³/mol. The first-order valence-electron chi connectivity index (χ1n) is 24.9. The molecule has 5 heterocycles. The lowest BCUT2D eigenvalue weighted by atomic mass is 10.0. The fourth-order valence-corrected chi connectivity index (χ4v) is 21.0. The molecule has 352 valence electrons. The van der Waals surface area contributed by atoms with Gasteiger partial charge in [0.2, 0.25) is 8.07 Å². The molecule has 1 aliphatic carbocycles. The van der Waals surface area contributed by atoms with Gasteiger partial charge in [-0.3, -0.25) is 39.9 Å². The van der Waals surface area contributed by atoms with Gasteiger partial charge in [-0.2, -0.15) is 0 Å². The molecule has 9 nitrogen and oxygen atoms in total. The minimum absolute atomic E-state index is 0.537. The molecule has 0 atom stereocenters. The van der Waals surface area contributed by atoms with Gasteiger partial charge in [0, 0.05) is 59.7 Å². The second-order valence-corrected chi connectivity index (χ2v) is 26.2. The van der Waals surface area contributed by atoms with Crippen LogP contribution in [-0.2, 0) is 0 Å². The highest BCUT2D eigenvalue weighted by Crippen LogP contribution is 2.41. The van der Waals surface area contributed by atoms with E-state index in [9.17, 15) is 0 Å². The summed E-state index contributed by atoms with van der Waals surface area (Å²) < 4.78 is 6.68. The summed E-state index contributed by atoms with van der Waals surface area (Å²) in [6.07, 6.45) is 12.0. The van der Waals surface area contributed by atoms with Crippen molar-refractivity contribution < 1.29 is 4.42 Å². The molecule has 0 saturated carbocycles. The SMILES string of the molecule is c1ccc([Si](c2ccccc2)(c2cccc(-c3cccc4c3oc3ccccc34)c2)c2cccc([Si](c3ccccc3)(c3ccccc3)c3cnc4c(n3)-c3nccnc3-c3nccnc3-c3nccnc3-4)c2)cc1. The number of aromatic nitrogens is 8. The molecule has 0 unspecified atom stereocenters. The molecule has 13 aromatic rings. The van der Waals surface area contributed by atoms with Crippen LogP contribution in [0.4, 0.5) is 0 Å². The van der Waals surface area contributed by atoms with Crippen molar-refractivity contribution in [2.45, 2.75) is 0 Å². The highest BCUT2D eigenvalue weighted by Gasteiger charge is 2.47. The monoisotopic (exact) mass is 994 g/mol. The minimum atomic E-state index is -3.47. The summed E-state index contributed by atoms with van der Waals surface area (Å²) in [6, 6.07) is 77.3. The fraction of sp³-hybridized carbons (Fsp3) is 0. The first-order chi connectivity index (χ1) is 37.2. The predicted octanol–water partition coefficient (Wildman–Crippen LogP) is 8.15. The van der Waals surface area contributed by atoms with Crippen LogP contribution < -0.4 is 41.6 Å². The quantitative estimate of drug-likeness (QED) is 0.104. The smallest absolute Gasteiger partial charge is 0.203 e. The van der Waals surface area contributed by atoms with Crippen molar-refractivity contribution in [3.05, 3.63) is 256 Å². The van der Waals surface area contributed by atoms with E-state index in [2.05, 4.69) is 200 Å². The summed E-state index contributed by atoms with van der Waals surface area (Å²) in [5, 5.41) is 11.5. The van der Waals surface area contributed by atoms with Gasteiger partial charge in [-0.05, 0) is 47.9 Å². The van der Waals surface area contributed by atoms with Crippen molar-refractivity contribution >= 4 is 79.7 Å². The maximum Gasteiger partial charge on any atom is 0.203 e. The zero-order chi connectivity index (χ0) is 49.8. The molecule has 0 aliphatic heterocycles. The van der Waals surface area contributed by atoms with Crippen LogP contribution >= 0.6 is 0 Å².